The van der Waals surface area contributed by atoms with Crippen molar-refractivity contribution in [3.05, 3.63) is 12.7 Å². The average Bonchev–Trinajstić information content (AvgIpc) is 2.60. The summed E-state index contributed by atoms with van der Waals surface area (Å²) in [7, 11) is 0. The number of allylic oxidation sites excluding steroid dienone is 1. The van der Waals surface area contributed by atoms with Gasteiger partial charge in [0.1, 0.15) is 0 Å². The highest BCUT2D eigenvalue weighted by Gasteiger charge is 2.32. The van der Waals surface area contributed by atoms with Gasteiger partial charge in [-0.05, 0) is 19.8 Å². The zero-order valence-corrected chi connectivity index (χ0v) is 9.07. The molecule has 0 spiro atoms. The molecule has 0 radical (unpaired) electrons. The smallest absolute Gasteiger partial charge is 0.306 e. The Bertz CT molecular complexity index is 231. The Morgan fingerprint density at radius 1 is 1.60 bits per heavy atom. The van der Waals surface area contributed by atoms with Gasteiger partial charge in [0.05, 0.1) is 19.1 Å². The Balaban J connectivity index is 2.38. The molecule has 1 unspecified atom stereocenters. The molecule has 0 saturated carbocycles. The monoisotopic (exact) mass is 214 g/mol. The van der Waals surface area contributed by atoms with Crippen LogP contribution in [-0.2, 0) is 14.3 Å². The summed E-state index contributed by atoms with van der Waals surface area (Å²) in [6.45, 7) is 6.59. The molecule has 1 aliphatic heterocycles. The lowest BCUT2D eigenvalue weighted by Crippen LogP contribution is -2.27. The highest BCUT2D eigenvalue weighted by Crippen LogP contribution is 2.27. The molecular formula is C11H18O4. The molecule has 4 nitrogen and oxygen atoms in total. The largest absolute Gasteiger partial charge is 0.481 e. The minimum atomic E-state index is -0.781. The summed E-state index contributed by atoms with van der Waals surface area (Å²) in [5.74, 6) is -1.75. The Morgan fingerprint density at radius 3 is 2.67 bits per heavy atom. The second-order valence-corrected chi connectivity index (χ2v) is 3.93. The van der Waals surface area contributed by atoms with Crippen molar-refractivity contribution in [1.82, 2.24) is 0 Å². The fourth-order valence-corrected chi connectivity index (χ4v) is 1.68. The number of carboxylic acids is 1. The van der Waals surface area contributed by atoms with E-state index in [0.29, 0.717) is 32.5 Å². The van der Waals surface area contributed by atoms with E-state index >= 15 is 0 Å². The van der Waals surface area contributed by atoms with E-state index in [4.69, 9.17) is 14.6 Å². The first-order valence-electron chi connectivity index (χ1n) is 5.19. The standard InChI is InChI=1S/C11H18O4/c1-3-4-9(10(12)13)5-6-11(2)14-7-8-15-11/h3,9H,1,4-8H2,2H3,(H,12,13). The summed E-state index contributed by atoms with van der Waals surface area (Å²) >= 11 is 0. The SMILES string of the molecule is C=CCC(CCC1(C)OCCO1)C(=O)O. The first kappa shape index (κ1) is 12.2. The zero-order chi connectivity index (χ0) is 11.3. The second kappa shape index (κ2) is 5.28. The Kier molecular flexibility index (Phi) is 4.29. The molecule has 1 fully saturated rings. The normalized spacial score (nSPS) is 21.1. The molecule has 0 aromatic carbocycles. The van der Waals surface area contributed by atoms with E-state index in [0.717, 1.165) is 0 Å². The van der Waals surface area contributed by atoms with Crippen molar-refractivity contribution in [2.24, 2.45) is 5.92 Å². The summed E-state index contributed by atoms with van der Waals surface area (Å²) in [6.07, 6.45) is 3.29. The predicted molar refractivity (Wildman–Crippen MR) is 55.5 cm³/mol. The molecule has 1 aliphatic rings. The van der Waals surface area contributed by atoms with Crippen molar-refractivity contribution in [3.8, 4) is 0 Å². The van der Waals surface area contributed by atoms with Crippen LogP contribution in [0, 0.1) is 5.92 Å². The number of hydrogen-bond donors (Lipinski definition) is 1. The number of ether oxygens (including phenoxy) is 2. The molecule has 1 atom stereocenters. The Labute approximate surface area is 89.9 Å². The van der Waals surface area contributed by atoms with Gasteiger partial charge in [0.2, 0.25) is 0 Å². The van der Waals surface area contributed by atoms with Crippen molar-refractivity contribution in [2.45, 2.75) is 32.0 Å². The molecule has 0 bridgehead atoms. The molecular weight excluding hydrogens is 196 g/mol. The summed E-state index contributed by atoms with van der Waals surface area (Å²) < 4.78 is 10.8. The lowest BCUT2D eigenvalue weighted by molar-refractivity contribution is -0.154. The minimum absolute atomic E-state index is 0.382. The van der Waals surface area contributed by atoms with Crippen LogP contribution in [0.3, 0.4) is 0 Å². The van der Waals surface area contributed by atoms with Crippen molar-refractivity contribution >= 4 is 5.97 Å². The maximum atomic E-state index is 10.9. The van der Waals surface area contributed by atoms with E-state index in [1.165, 1.54) is 0 Å². The molecule has 15 heavy (non-hydrogen) atoms. The summed E-state index contributed by atoms with van der Waals surface area (Å²) in [5, 5.41) is 8.93. The first-order valence-corrected chi connectivity index (χ1v) is 5.19. The highest BCUT2D eigenvalue weighted by molar-refractivity contribution is 5.70. The van der Waals surface area contributed by atoms with Crippen molar-refractivity contribution < 1.29 is 19.4 Å². The van der Waals surface area contributed by atoms with Crippen LogP contribution >= 0.6 is 0 Å². The van der Waals surface area contributed by atoms with Gasteiger partial charge in [-0.15, -0.1) is 6.58 Å². The van der Waals surface area contributed by atoms with Gasteiger partial charge >= 0.3 is 5.97 Å². The van der Waals surface area contributed by atoms with Crippen LogP contribution in [0.25, 0.3) is 0 Å². The van der Waals surface area contributed by atoms with Crippen LogP contribution in [0.1, 0.15) is 26.2 Å². The summed E-state index contributed by atoms with van der Waals surface area (Å²) in [4.78, 5) is 10.9. The van der Waals surface area contributed by atoms with Crippen molar-refractivity contribution in [3.63, 3.8) is 0 Å². The lowest BCUT2D eigenvalue weighted by atomic mass is 9.97. The van der Waals surface area contributed by atoms with Crippen LogP contribution in [0.4, 0.5) is 0 Å². The average molecular weight is 214 g/mol. The van der Waals surface area contributed by atoms with Gasteiger partial charge in [-0.2, -0.15) is 0 Å². The fraction of sp³-hybridized carbons (Fsp3) is 0.727. The van der Waals surface area contributed by atoms with Gasteiger partial charge in [0.15, 0.2) is 5.79 Å². The quantitative estimate of drug-likeness (QED) is 0.685. The molecule has 0 aromatic heterocycles. The Hall–Kier alpha value is -0.870. The molecule has 4 heteroatoms. The van der Waals surface area contributed by atoms with Gasteiger partial charge in [0, 0.05) is 6.42 Å². The van der Waals surface area contributed by atoms with Gasteiger partial charge in [-0.25, -0.2) is 0 Å². The number of hydrogen-bond acceptors (Lipinski definition) is 3. The summed E-state index contributed by atoms with van der Waals surface area (Å²) in [6, 6.07) is 0. The number of carboxylic acid groups (broad SMARTS) is 1. The maximum absolute atomic E-state index is 10.9. The van der Waals surface area contributed by atoms with E-state index in [-0.39, 0.29) is 5.92 Å². The molecule has 1 N–H and O–H groups in total. The van der Waals surface area contributed by atoms with E-state index in [1.807, 2.05) is 6.92 Å². The third-order valence-electron chi connectivity index (χ3n) is 2.65. The molecule has 86 valence electrons. The first-order chi connectivity index (χ1) is 7.07. The third kappa shape index (κ3) is 3.64. The van der Waals surface area contributed by atoms with E-state index in [1.54, 1.807) is 6.08 Å². The molecule has 0 amide bonds. The van der Waals surface area contributed by atoms with Gasteiger partial charge in [0.25, 0.3) is 0 Å². The van der Waals surface area contributed by atoms with Crippen molar-refractivity contribution in [2.75, 3.05) is 13.2 Å². The van der Waals surface area contributed by atoms with Crippen LogP contribution < -0.4 is 0 Å². The van der Waals surface area contributed by atoms with Crippen molar-refractivity contribution in [1.29, 1.82) is 0 Å². The predicted octanol–water partition coefficient (Wildman–Crippen LogP) is 1.81. The van der Waals surface area contributed by atoms with Crippen LogP contribution in [0.15, 0.2) is 12.7 Å². The Morgan fingerprint density at radius 2 is 2.20 bits per heavy atom. The number of aliphatic carboxylic acids is 1. The highest BCUT2D eigenvalue weighted by atomic mass is 16.7. The lowest BCUT2D eigenvalue weighted by Gasteiger charge is -2.23. The van der Waals surface area contributed by atoms with Crippen LogP contribution in [0.5, 0.6) is 0 Å². The molecule has 1 saturated heterocycles. The maximum Gasteiger partial charge on any atom is 0.306 e. The number of carbonyl (C=O) groups is 1. The van der Waals surface area contributed by atoms with E-state index < -0.39 is 11.8 Å². The van der Waals surface area contributed by atoms with Gasteiger partial charge in [-0.3, -0.25) is 4.79 Å². The molecule has 1 heterocycles. The zero-order valence-electron chi connectivity index (χ0n) is 9.07. The number of rotatable bonds is 6. The van der Waals surface area contributed by atoms with E-state index in [2.05, 4.69) is 6.58 Å². The van der Waals surface area contributed by atoms with Gasteiger partial charge < -0.3 is 14.6 Å². The fourth-order valence-electron chi connectivity index (χ4n) is 1.68. The van der Waals surface area contributed by atoms with Crippen LogP contribution in [-0.4, -0.2) is 30.1 Å². The van der Waals surface area contributed by atoms with E-state index in [9.17, 15) is 4.79 Å². The second-order valence-electron chi connectivity index (χ2n) is 3.93. The van der Waals surface area contributed by atoms with Gasteiger partial charge in [-0.1, -0.05) is 6.08 Å². The van der Waals surface area contributed by atoms with Crippen LogP contribution in [0.2, 0.25) is 0 Å². The molecule has 0 aliphatic carbocycles. The third-order valence-corrected chi connectivity index (χ3v) is 2.65. The minimum Gasteiger partial charge on any atom is -0.481 e. The summed E-state index contributed by atoms with van der Waals surface area (Å²) in [5.41, 5.74) is 0. The topological polar surface area (TPSA) is 55.8 Å². The molecule has 1 rings (SSSR count). The molecule has 0 aromatic rings.